The van der Waals surface area contributed by atoms with Crippen molar-refractivity contribution in [1.82, 2.24) is 0 Å². The molecule has 0 unspecified atom stereocenters. The molecule has 0 aromatic heterocycles. The second kappa shape index (κ2) is 4.44. The number of ether oxygens (including phenoxy) is 1. The lowest BCUT2D eigenvalue weighted by atomic mass is 10.2. The van der Waals surface area contributed by atoms with E-state index in [2.05, 4.69) is 5.32 Å². The monoisotopic (exact) mass is 226 g/mol. The van der Waals surface area contributed by atoms with Gasteiger partial charge in [0.2, 0.25) is 5.82 Å². The fourth-order valence-electron chi connectivity index (χ4n) is 1.51. The topological polar surface area (TPSA) is 64.4 Å². The van der Waals surface area contributed by atoms with Gasteiger partial charge in [0.15, 0.2) is 0 Å². The van der Waals surface area contributed by atoms with Gasteiger partial charge in [-0.05, 0) is 18.6 Å². The molecule has 1 fully saturated rings. The summed E-state index contributed by atoms with van der Waals surface area (Å²) in [7, 11) is 0. The predicted octanol–water partition coefficient (Wildman–Crippen LogP) is 1.93. The Morgan fingerprint density at radius 2 is 2.38 bits per heavy atom. The zero-order valence-corrected chi connectivity index (χ0v) is 8.48. The van der Waals surface area contributed by atoms with Gasteiger partial charge in [0, 0.05) is 13.2 Å². The van der Waals surface area contributed by atoms with Crippen LogP contribution in [0.1, 0.15) is 6.42 Å². The lowest BCUT2D eigenvalue weighted by Crippen LogP contribution is -2.33. The molecule has 86 valence electrons. The van der Waals surface area contributed by atoms with Gasteiger partial charge in [0.25, 0.3) is 0 Å². The quantitative estimate of drug-likeness (QED) is 0.629. The van der Waals surface area contributed by atoms with Gasteiger partial charge in [-0.1, -0.05) is 6.07 Å². The first-order valence-electron chi connectivity index (χ1n) is 4.97. The molecular formula is C10H11FN2O3. The summed E-state index contributed by atoms with van der Waals surface area (Å²) in [5.74, 6) is -0.829. The standard InChI is InChI=1S/C10H11FN2O3/c11-8-2-1-3-9(10(8)13(14)15)12-6-7-4-5-16-7/h1-3,7,12H,4-6H2/t7-/m0/s1. The Morgan fingerprint density at radius 3 is 2.94 bits per heavy atom. The molecule has 0 radical (unpaired) electrons. The first-order valence-corrected chi connectivity index (χ1v) is 4.97. The molecule has 5 nitrogen and oxygen atoms in total. The number of nitro benzene ring substituents is 1. The number of rotatable bonds is 4. The SMILES string of the molecule is O=[N+]([O-])c1c(F)cccc1NC[C@@H]1CCO1. The van der Waals surface area contributed by atoms with Crippen molar-refractivity contribution in [1.29, 1.82) is 0 Å². The third-order valence-corrected chi connectivity index (χ3v) is 2.48. The highest BCUT2D eigenvalue weighted by Gasteiger charge is 2.22. The molecule has 1 atom stereocenters. The largest absolute Gasteiger partial charge is 0.377 e. The van der Waals surface area contributed by atoms with E-state index in [1.165, 1.54) is 12.1 Å². The molecule has 1 heterocycles. The van der Waals surface area contributed by atoms with Crippen LogP contribution in [-0.2, 0) is 4.74 Å². The summed E-state index contributed by atoms with van der Waals surface area (Å²) in [5.41, 5.74) is -0.317. The Balaban J connectivity index is 2.12. The average molecular weight is 226 g/mol. The van der Waals surface area contributed by atoms with Crippen LogP contribution >= 0.6 is 0 Å². The fraction of sp³-hybridized carbons (Fsp3) is 0.400. The lowest BCUT2D eigenvalue weighted by Gasteiger charge is -2.26. The van der Waals surface area contributed by atoms with Crippen molar-refractivity contribution >= 4 is 11.4 Å². The predicted molar refractivity (Wildman–Crippen MR) is 55.9 cm³/mol. The Morgan fingerprint density at radius 1 is 1.62 bits per heavy atom. The summed E-state index contributed by atoms with van der Waals surface area (Å²) in [4.78, 5) is 9.94. The summed E-state index contributed by atoms with van der Waals surface area (Å²) < 4.78 is 18.4. The molecular weight excluding hydrogens is 215 g/mol. The minimum Gasteiger partial charge on any atom is -0.377 e. The Kier molecular flexibility index (Phi) is 3.00. The van der Waals surface area contributed by atoms with Crippen LogP contribution in [0, 0.1) is 15.9 Å². The third kappa shape index (κ3) is 2.11. The lowest BCUT2D eigenvalue weighted by molar-refractivity contribution is -0.386. The second-order valence-corrected chi connectivity index (χ2v) is 3.56. The van der Waals surface area contributed by atoms with Crippen molar-refractivity contribution in [3.8, 4) is 0 Å². The molecule has 6 heteroatoms. The number of nitrogens with one attached hydrogen (secondary N) is 1. The Labute approximate surface area is 91.4 Å². The molecule has 2 rings (SSSR count). The van der Waals surface area contributed by atoms with E-state index in [1.54, 1.807) is 0 Å². The van der Waals surface area contributed by atoms with Crippen molar-refractivity contribution in [2.75, 3.05) is 18.5 Å². The van der Waals surface area contributed by atoms with Gasteiger partial charge in [0.05, 0.1) is 11.0 Å². The number of hydrogen-bond acceptors (Lipinski definition) is 4. The maximum Gasteiger partial charge on any atom is 0.327 e. The van der Waals surface area contributed by atoms with Crippen LogP contribution in [0.4, 0.5) is 15.8 Å². The number of nitrogens with zero attached hydrogens (tertiary/aromatic N) is 1. The average Bonchev–Trinajstić information content (AvgIpc) is 2.14. The summed E-state index contributed by atoms with van der Waals surface area (Å²) in [5, 5.41) is 13.5. The maximum atomic E-state index is 13.2. The van der Waals surface area contributed by atoms with Gasteiger partial charge in [-0.25, -0.2) is 0 Å². The van der Waals surface area contributed by atoms with Crippen molar-refractivity contribution in [3.63, 3.8) is 0 Å². The fourth-order valence-corrected chi connectivity index (χ4v) is 1.51. The van der Waals surface area contributed by atoms with Gasteiger partial charge in [0.1, 0.15) is 5.69 Å². The van der Waals surface area contributed by atoms with Gasteiger partial charge >= 0.3 is 5.69 Å². The number of para-hydroxylation sites is 1. The van der Waals surface area contributed by atoms with E-state index in [0.29, 0.717) is 6.54 Å². The number of anilines is 1. The summed E-state index contributed by atoms with van der Waals surface area (Å²) in [6, 6.07) is 4.00. The minimum absolute atomic E-state index is 0.0721. The third-order valence-electron chi connectivity index (χ3n) is 2.48. The second-order valence-electron chi connectivity index (χ2n) is 3.56. The van der Waals surface area contributed by atoms with E-state index in [4.69, 9.17) is 4.74 Å². The number of benzene rings is 1. The summed E-state index contributed by atoms with van der Waals surface area (Å²) in [6.45, 7) is 1.18. The van der Waals surface area contributed by atoms with E-state index < -0.39 is 16.4 Å². The van der Waals surface area contributed by atoms with Crippen LogP contribution in [0.3, 0.4) is 0 Å². The van der Waals surface area contributed by atoms with Gasteiger partial charge in [-0.15, -0.1) is 0 Å². The van der Waals surface area contributed by atoms with Gasteiger partial charge < -0.3 is 10.1 Å². The van der Waals surface area contributed by atoms with E-state index in [0.717, 1.165) is 19.1 Å². The molecule has 16 heavy (non-hydrogen) atoms. The van der Waals surface area contributed by atoms with E-state index in [9.17, 15) is 14.5 Å². The van der Waals surface area contributed by atoms with E-state index in [-0.39, 0.29) is 11.8 Å². The highest BCUT2D eigenvalue weighted by molar-refractivity contribution is 5.61. The molecule has 0 amide bonds. The zero-order chi connectivity index (χ0) is 11.5. The summed E-state index contributed by atoms with van der Waals surface area (Å²) in [6.07, 6.45) is 0.999. The molecule has 0 spiro atoms. The van der Waals surface area contributed by atoms with Crippen molar-refractivity contribution in [2.24, 2.45) is 0 Å². The van der Waals surface area contributed by atoms with Crippen molar-refractivity contribution in [3.05, 3.63) is 34.1 Å². The molecule has 1 aromatic carbocycles. The highest BCUT2D eigenvalue weighted by atomic mass is 19.1. The van der Waals surface area contributed by atoms with Crippen LogP contribution < -0.4 is 5.32 Å². The number of hydrogen-bond donors (Lipinski definition) is 1. The zero-order valence-electron chi connectivity index (χ0n) is 8.48. The molecule has 1 aliphatic heterocycles. The van der Waals surface area contributed by atoms with Gasteiger partial charge in [-0.2, -0.15) is 4.39 Å². The minimum atomic E-state index is -0.829. The highest BCUT2D eigenvalue weighted by Crippen LogP contribution is 2.27. The molecule has 1 aliphatic rings. The van der Waals surface area contributed by atoms with E-state index >= 15 is 0 Å². The molecule has 1 N–H and O–H groups in total. The molecule has 0 saturated carbocycles. The first kappa shape index (κ1) is 10.8. The van der Waals surface area contributed by atoms with Gasteiger partial charge in [-0.3, -0.25) is 10.1 Å². The summed E-state index contributed by atoms with van der Waals surface area (Å²) >= 11 is 0. The number of halogens is 1. The first-order chi connectivity index (χ1) is 7.68. The Hall–Kier alpha value is -1.69. The van der Waals surface area contributed by atoms with Crippen LogP contribution in [0.25, 0.3) is 0 Å². The van der Waals surface area contributed by atoms with Crippen LogP contribution in [0.15, 0.2) is 18.2 Å². The smallest absolute Gasteiger partial charge is 0.327 e. The maximum absolute atomic E-state index is 13.2. The number of nitro groups is 1. The molecule has 1 saturated heterocycles. The normalized spacial score (nSPS) is 18.9. The van der Waals surface area contributed by atoms with Crippen LogP contribution in [0.5, 0.6) is 0 Å². The molecule has 0 aliphatic carbocycles. The Bertz CT molecular complexity index is 407. The van der Waals surface area contributed by atoms with Crippen LogP contribution in [0.2, 0.25) is 0 Å². The van der Waals surface area contributed by atoms with E-state index in [1.807, 2.05) is 0 Å². The molecule has 0 bridgehead atoms. The van der Waals surface area contributed by atoms with Crippen molar-refractivity contribution in [2.45, 2.75) is 12.5 Å². The van der Waals surface area contributed by atoms with Crippen molar-refractivity contribution < 1.29 is 14.1 Å². The molecule has 1 aromatic rings. The van der Waals surface area contributed by atoms with Crippen LogP contribution in [-0.4, -0.2) is 24.2 Å².